The van der Waals surface area contributed by atoms with Gasteiger partial charge in [-0.3, -0.25) is 9.52 Å². The summed E-state index contributed by atoms with van der Waals surface area (Å²) in [5.41, 5.74) is 0.315. The molecule has 1 aromatic carbocycles. The summed E-state index contributed by atoms with van der Waals surface area (Å²) < 4.78 is 30.9. The van der Waals surface area contributed by atoms with Gasteiger partial charge in [-0.2, -0.15) is 0 Å². The largest absolute Gasteiger partial charge is 0.495 e. The number of carbonyl (C=O) groups is 3. The minimum atomic E-state index is -1.76. The number of fused-ring (bicyclic) bond motifs is 1. The first-order valence-electron chi connectivity index (χ1n) is 9.05. The van der Waals surface area contributed by atoms with E-state index in [0.29, 0.717) is 10.1 Å². The summed E-state index contributed by atoms with van der Waals surface area (Å²) in [6.45, 7) is 0.178. The van der Waals surface area contributed by atoms with Crippen molar-refractivity contribution in [3.05, 3.63) is 64.6 Å². The van der Waals surface area contributed by atoms with E-state index in [0.717, 1.165) is 0 Å². The van der Waals surface area contributed by atoms with E-state index in [1.54, 1.807) is 17.5 Å². The maximum atomic E-state index is 12.7. The lowest BCUT2D eigenvalue weighted by molar-refractivity contribution is -0.116. The molecule has 1 atom stereocenters. The average Bonchev–Trinajstić information content (AvgIpc) is 3.53. The van der Waals surface area contributed by atoms with Gasteiger partial charge < -0.3 is 19.2 Å². The lowest BCUT2D eigenvalue weighted by Gasteiger charge is -2.14. The molecule has 0 spiro atoms. The summed E-state index contributed by atoms with van der Waals surface area (Å²) in [5, 5.41) is 4.31. The molecule has 1 aliphatic heterocycles. The second kappa shape index (κ2) is 9.16. The summed E-state index contributed by atoms with van der Waals surface area (Å²) in [6.07, 6.45) is 5.59. The van der Waals surface area contributed by atoms with E-state index in [2.05, 4.69) is 19.8 Å². The highest BCUT2D eigenvalue weighted by atomic mass is 32.2. The molecule has 12 heteroatoms. The fraction of sp³-hybridized carbons (Fsp3) is 0.100. The Balaban J connectivity index is 1.69. The molecule has 0 fully saturated rings. The highest BCUT2D eigenvalue weighted by Crippen LogP contribution is 2.39. The van der Waals surface area contributed by atoms with Crippen molar-refractivity contribution >= 4 is 51.9 Å². The Labute approximate surface area is 187 Å². The standard InChI is InChI=1S/C20H15N3O7S2/c1-28-17-12(4-5-15(24)22-10-11-3-2-7-29-11)14(23-32(27)20-21-6-8-31-20)9-13-16(17)19(26)30-18(13)25/h2-9,23H,10H2,1H3,(H,22,24)/b5-4+. The molecule has 3 heterocycles. The molecule has 4 rings (SSSR count). The zero-order valence-electron chi connectivity index (χ0n) is 16.4. The molecule has 0 saturated heterocycles. The fourth-order valence-electron chi connectivity index (χ4n) is 2.94. The predicted molar refractivity (Wildman–Crippen MR) is 114 cm³/mol. The summed E-state index contributed by atoms with van der Waals surface area (Å²) >= 11 is 1.17. The topological polar surface area (TPSA) is 137 Å². The predicted octanol–water partition coefficient (Wildman–Crippen LogP) is 2.52. The van der Waals surface area contributed by atoms with Gasteiger partial charge in [0, 0.05) is 23.2 Å². The Bertz CT molecular complexity index is 1230. The first-order chi connectivity index (χ1) is 15.5. The number of anilines is 1. The van der Waals surface area contributed by atoms with Crippen molar-refractivity contribution in [3.63, 3.8) is 0 Å². The zero-order valence-corrected chi connectivity index (χ0v) is 18.1. The smallest absolute Gasteiger partial charge is 0.350 e. The van der Waals surface area contributed by atoms with Crippen molar-refractivity contribution in [2.45, 2.75) is 10.9 Å². The minimum Gasteiger partial charge on any atom is -0.495 e. The molecule has 3 aromatic rings. The zero-order chi connectivity index (χ0) is 22.7. The van der Waals surface area contributed by atoms with Crippen molar-refractivity contribution in [1.29, 1.82) is 0 Å². The number of thiazole rings is 1. The first kappa shape index (κ1) is 21.5. The quantitative estimate of drug-likeness (QED) is 0.289. The van der Waals surface area contributed by atoms with Crippen molar-refractivity contribution in [1.82, 2.24) is 10.3 Å². The van der Waals surface area contributed by atoms with Crippen LogP contribution >= 0.6 is 11.3 Å². The number of rotatable bonds is 8. The van der Waals surface area contributed by atoms with Gasteiger partial charge in [0.25, 0.3) is 0 Å². The van der Waals surface area contributed by atoms with Gasteiger partial charge in [-0.05, 0) is 24.3 Å². The molecule has 0 aliphatic carbocycles. The monoisotopic (exact) mass is 473 g/mol. The molecule has 10 nitrogen and oxygen atoms in total. The van der Waals surface area contributed by atoms with Crippen LogP contribution in [0.1, 0.15) is 32.0 Å². The molecule has 32 heavy (non-hydrogen) atoms. The van der Waals surface area contributed by atoms with Crippen LogP contribution in [0.15, 0.2) is 50.9 Å². The van der Waals surface area contributed by atoms with Crippen LogP contribution in [-0.2, 0) is 27.1 Å². The number of esters is 2. The Morgan fingerprint density at radius 2 is 2.19 bits per heavy atom. The van der Waals surface area contributed by atoms with Crippen LogP contribution < -0.4 is 14.8 Å². The fourth-order valence-corrected chi connectivity index (χ4v) is 4.55. The van der Waals surface area contributed by atoms with Crippen molar-refractivity contribution in [2.75, 3.05) is 11.8 Å². The first-order valence-corrected chi connectivity index (χ1v) is 11.1. The van der Waals surface area contributed by atoms with Crippen LogP contribution in [0.3, 0.4) is 0 Å². The maximum absolute atomic E-state index is 12.7. The Kier molecular flexibility index (Phi) is 6.14. The van der Waals surface area contributed by atoms with Gasteiger partial charge in [-0.1, -0.05) is 0 Å². The number of aromatic nitrogens is 1. The lowest BCUT2D eigenvalue weighted by Crippen LogP contribution is -2.19. The average molecular weight is 473 g/mol. The van der Waals surface area contributed by atoms with Crippen LogP contribution in [0.5, 0.6) is 5.75 Å². The number of ether oxygens (including phenoxy) is 2. The number of nitrogens with zero attached hydrogens (tertiary/aromatic N) is 1. The third kappa shape index (κ3) is 4.31. The van der Waals surface area contributed by atoms with Crippen LogP contribution in [-0.4, -0.2) is 34.1 Å². The molecule has 164 valence electrons. The van der Waals surface area contributed by atoms with Crippen LogP contribution in [0.2, 0.25) is 0 Å². The van der Waals surface area contributed by atoms with Crippen LogP contribution in [0.4, 0.5) is 5.69 Å². The van der Waals surface area contributed by atoms with E-state index < -0.39 is 28.8 Å². The molecule has 1 amide bonds. The number of methoxy groups -OCH3 is 1. The van der Waals surface area contributed by atoms with E-state index in [1.807, 2.05) is 0 Å². The highest BCUT2D eigenvalue weighted by Gasteiger charge is 2.36. The molecular formula is C20H15N3O7S2. The highest BCUT2D eigenvalue weighted by molar-refractivity contribution is 7.88. The molecule has 0 bridgehead atoms. The third-order valence-corrected chi connectivity index (χ3v) is 6.46. The molecule has 1 unspecified atom stereocenters. The van der Waals surface area contributed by atoms with Gasteiger partial charge in [0.2, 0.25) is 10.2 Å². The molecule has 2 aromatic heterocycles. The molecular weight excluding hydrogens is 458 g/mol. The molecule has 2 N–H and O–H groups in total. The minimum absolute atomic E-state index is 0.00655. The number of hydrogen-bond acceptors (Lipinski definition) is 9. The number of amides is 1. The van der Waals surface area contributed by atoms with Gasteiger partial charge in [0.15, 0.2) is 11.0 Å². The number of hydrogen-bond donors (Lipinski definition) is 2. The second-order valence-electron chi connectivity index (χ2n) is 6.27. The van der Waals surface area contributed by atoms with Crippen molar-refractivity contribution < 1.29 is 32.5 Å². The molecule has 1 aliphatic rings. The van der Waals surface area contributed by atoms with E-state index in [-0.39, 0.29) is 34.7 Å². The number of cyclic esters (lactones) is 2. The Morgan fingerprint density at radius 3 is 2.88 bits per heavy atom. The summed E-state index contributed by atoms with van der Waals surface area (Å²) in [7, 11) is -0.453. The number of benzene rings is 1. The van der Waals surface area contributed by atoms with Crippen LogP contribution in [0, 0.1) is 0 Å². The summed E-state index contributed by atoms with van der Waals surface area (Å²) in [5.74, 6) is -1.59. The Hall–Kier alpha value is -3.77. The maximum Gasteiger partial charge on any atom is 0.350 e. The molecule has 0 saturated carbocycles. The SMILES string of the molecule is COc1c(/C=C/C(=O)NCc2ccco2)c(NS(=O)c2nccs2)cc2c1C(=O)OC2=O. The van der Waals surface area contributed by atoms with Gasteiger partial charge >= 0.3 is 11.9 Å². The second-order valence-corrected chi connectivity index (χ2v) is 8.55. The van der Waals surface area contributed by atoms with Crippen LogP contribution in [0.25, 0.3) is 6.08 Å². The third-order valence-electron chi connectivity index (χ3n) is 4.32. The van der Waals surface area contributed by atoms with E-state index in [1.165, 1.54) is 49.1 Å². The van der Waals surface area contributed by atoms with Crippen molar-refractivity contribution in [3.8, 4) is 5.75 Å². The number of carbonyl (C=O) groups excluding carboxylic acids is 3. The van der Waals surface area contributed by atoms with Gasteiger partial charge in [0.1, 0.15) is 17.1 Å². The van der Waals surface area contributed by atoms with Gasteiger partial charge in [-0.25, -0.2) is 18.8 Å². The normalized spacial score (nSPS) is 13.7. The van der Waals surface area contributed by atoms with E-state index in [9.17, 15) is 18.6 Å². The number of furan rings is 1. The summed E-state index contributed by atoms with van der Waals surface area (Å²) in [4.78, 5) is 40.5. The Morgan fingerprint density at radius 1 is 1.34 bits per heavy atom. The van der Waals surface area contributed by atoms with E-state index in [4.69, 9.17) is 9.15 Å². The number of nitrogens with one attached hydrogen (secondary N) is 2. The van der Waals surface area contributed by atoms with Crippen molar-refractivity contribution in [2.24, 2.45) is 0 Å². The van der Waals surface area contributed by atoms with Gasteiger partial charge in [0.05, 0.1) is 31.2 Å². The van der Waals surface area contributed by atoms with Gasteiger partial charge in [-0.15, -0.1) is 11.3 Å². The summed E-state index contributed by atoms with van der Waals surface area (Å²) in [6, 6.07) is 4.75. The van der Waals surface area contributed by atoms with E-state index >= 15 is 0 Å². The molecule has 0 radical (unpaired) electrons. The lowest BCUT2D eigenvalue weighted by atomic mass is 10.0.